The molecule has 1 unspecified atom stereocenters. The molecule has 1 heterocycles. The van der Waals surface area contributed by atoms with Crippen LogP contribution in [0.5, 0.6) is 0 Å². The zero-order chi connectivity index (χ0) is 15.8. The van der Waals surface area contributed by atoms with Crippen LogP contribution in [0.3, 0.4) is 0 Å². The van der Waals surface area contributed by atoms with Gasteiger partial charge in [-0.2, -0.15) is 0 Å². The minimum absolute atomic E-state index is 0.844. The van der Waals surface area contributed by atoms with Crippen molar-refractivity contribution in [2.24, 2.45) is 0 Å². The van der Waals surface area contributed by atoms with E-state index in [0.717, 1.165) is 6.04 Å². The maximum Gasteiger partial charge on any atom is 0.0235 e. The fraction of sp³-hybridized carbons (Fsp3) is 1.00. The molecule has 0 aromatic rings. The van der Waals surface area contributed by atoms with Gasteiger partial charge in [-0.05, 0) is 51.9 Å². The largest absolute Gasteiger partial charge is 0.302 e. The minimum Gasteiger partial charge on any atom is -0.302 e. The van der Waals surface area contributed by atoms with Crippen LogP contribution in [0, 0.1) is 0 Å². The minimum atomic E-state index is 0.844. The Hall–Kier alpha value is -0.0800. The lowest BCUT2D eigenvalue weighted by Crippen LogP contribution is -2.38. The van der Waals surface area contributed by atoms with Gasteiger partial charge in [0.1, 0.15) is 0 Å². The molecule has 1 fully saturated rings. The lowest BCUT2D eigenvalue weighted by atomic mass is 10.2. The van der Waals surface area contributed by atoms with Crippen molar-refractivity contribution in [2.75, 3.05) is 32.7 Å². The number of hydrogen-bond donors (Lipinski definition) is 0. The van der Waals surface area contributed by atoms with Crippen molar-refractivity contribution in [1.29, 1.82) is 0 Å². The Morgan fingerprint density at radius 3 is 1.90 bits per heavy atom. The lowest BCUT2D eigenvalue weighted by Gasteiger charge is -2.28. The Morgan fingerprint density at radius 1 is 0.900 bits per heavy atom. The summed E-state index contributed by atoms with van der Waals surface area (Å²) in [7, 11) is 0. The molecule has 20 heavy (non-hydrogen) atoms. The van der Waals surface area contributed by atoms with Crippen molar-refractivity contribution < 1.29 is 0 Å². The SMILES string of the molecule is CC.CC.CCCCN1CCC(N(CCC)CCC)C1. The maximum absolute atomic E-state index is 2.71. The zero-order valence-electron chi connectivity index (χ0n) is 15.5. The predicted molar refractivity (Wildman–Crippen MR) is 94.6 cm³/mol. The summed E-state index contributed by atoms with van der Waals surface area (Å²) in [4.78, 5) is 5.37. The summed E-state index contributed by atoms with van der Waals surface area (Å²) in [5.74, 6) is 0. The molecule has 1 aliphatic heterocycles. The molecule has 1 aliphatic rings. The molecular formula is C18H42N2. The second-order valence-electron chi connectivity index (χ2n) is 5.13. The lowest BCUT2D eigenvalue weighted by molar-refractivity contribution is 0.192. The molecule has 0 spiro atoms. The summed E-state index contributed by atoms with van der Waals surface area (Å²) in [6.45, 7) is 21.4. The summed E-state index contributed by atoms with van der Waals surface area (Å²) in [6, 6.07) is 0.844. The summed E-state index contributed by atoms with van der Waals surface area (Å²) in [5, 5.41) is 0. The first-order valence-electron chi connectivity index (χ1n) is 9.28. The van der Waals surface area contributed by atoms with Crippen molar-refractivity contribution in [2.45, 2.75) is 86.6 Å². The first kappa shape index (κ1) is 22.2. The number of hydrogen-bond acceptors (Lipinski definition) is 2. The summed E-state index contributed by atoms with van der Waals surface area (Å²) >= 11 is 0. The molecule has 1 atom stereocenters. The van der Waals surface area contributed by atoms with Gasteiger partial charge in [0.05, 0.1) is 0 Å². The average molecular weight is 287 g/mol. The van der Waals surface area contributed by atoms with E-state index in [2.05, 4.69) is 30.6 Å². The molecular weight excluding hydrogens is 244 g/mol. The van der Waals surface area contributed by atoms with Crippen molar-refractivity contribution in [1.82, 2.24) is 9.80 Å². The van der Waals surface area contributed by atoms with Crippen molar-refractivity contribution >= 4 is 0 Å². The second kappa shape index (κ2) is 17.0. The Bertz CT molecular complexity index is 165. The number of nitrogens with zero attached hydrogens (tertiary/aromatic N) is 2. The van der Waals surface area contributed by atoms with Crippen molar-refractivity contribution in [3.05, 3.63) is 0 Å². The fourth-order valence-electron chi connectivity index (χ4n) is 2.75. The molecule has 2 heteroatoms. The standard InChI is InChI=1S/C14H30N2.2C2H6/c1-4-7-11-15-12-8-14(13-15)16(9-5-2)10-6-3;2*1-2/h14H,4-13H2,1-3H3;2*1-2H3. The third-order valence-corrected chi connectivity index (χ3v) is 3.61. The Balaban J connectivity index is 0. The highest BCUT2D eigenvalue weighted by Crippen LogP contribution is 2.16. The molecule has 0 radical (unpaired) electrons. The van der Waals surface area contributed by atoms with E-state index in [1.54, 1.807) is 0 Å². The molecule has 124 valence electrons. The van der Waals surface area contributed by atoms with Crippen LogP contribution in [0.4, 0.5) is 0 Å². The van der Waals surface area contributed by atoms with Crippen LogP contribution in [0.15, 0.2) is 0 Å². The molecule has 1 saturated heterocycles. The number of likely N-dealkylation sites (tertiary alicyclic amines) is 1. The van der Waals surface area contributed by atoms with Crippen molar-refractivity contribution in [3.8, 4) is 0 Å². The normalized spacial score (nSPS) is 18.3. The van der Waals surface area contributed by atoms with Crippen LogP contribution in [0.25, 0.3) is 0 Å². The van der Waals surface area contributed by atoms with Gasteiger partial charge in [-0.3, -0.25) is 4.90 Å². The Labute approximate surface area is 129 Å². The third-order valence-electron chi connectivity index (χ3n) is 3.61. The summed E-state index contributed by atoms with van der Waals surface area (Å²) < 4.78 is 0. The van der Waals surface area contributed by atoms with E-state index in [4.69, 9.17) is 0 Å². The van der Waals surface area contributed by atoms with Crippen LogP contribution in [-0.4, -0.2) is 48.6 Å². The van der Waals surface area contributed by atoms with Crippen LogP contribution < -0.4 is 0 Å². The highest BCUT2D eigenvalue weighted by Gasteiger charge is 2.26. The molecule has 1 rings (SSSR count). The molecule has 0 aromatic heterocycles. The van der Waals surface area contributed by atoms with Crippen molar-refractivity contribution in [3.63, 3.8) is 0 Å². The third kappa shape index (κ3) is 9.77. The number of unbranched alkanes of at least 4 members (excludes halogenated alkanes) is 1. The van der Waals surface area contributed by atoms with Crippen LogP contribution >= 0.6 is 0 Å². The van der Waals surface area contributed by atoms with Gasteiger partial charge in [0, 0.05) is 12.6 Å². The second-order valence-corrected chi connectivity index (χ2v) is 5.13. The van der Waals surface area contributed by atoms with E-state index in [1.165, 1.54) is 64.8 Å². The van der Waals surface area contributed by atoms with E-state index in [-0.39, 0.29) is 0 Å². The van der Waals surface area contributed by atoms with Gasteiger partial charge in [0.25, 0.3) is 0 Å². The smallest absolute Gasteiger partial charge is 0.0235 e. The van der Waals surface area contributed by atoms with E-state index < -0.39 is 0 Å². The maximum atomic E-state index is 2.71. The Kier molecular flexibility index (Phi) is 18.8. The summed E-state index contributed by atoms with van der Waals surface area (Å²) in [6.07, 6.45) is 6.68. The van der Waals surface area contributed by atoms with E-state index in [0.29, 0.717) is 0 Å². The van der Waals surface area contributed by atoms with Gasteiger partial charge in [-0.25, -0.2) is 0 Å². The molecule has 2 nitrogen and oxygen atoms in total. The molecule has 0 amide bonds. The molecule has 0 N–H and O–H groups in total. The molecule has 0 aliphatic carbocycles. The van der Waals surface area contributed by atoms with Gasteiger partial charge in [0.15, 0.2) is 0 Å². The average Bonchev–Trinajstić information content (AvgIpc) is 2.98. The van der Waals surface area contributed by atoms with E-state index >= 15 is 0 Å². The number of rotatable bonds is 8. The topological polar surface area (TPSA) is 6.48 Å². The first-order chi connectivity index (χ1) is 9.81. The Morgan fingerprint density at radius 2 is 1.45 bits per heavy atom. The van der Waals surface area contributed by atoms with Gasteiger partial charge in [-0.1, -0.05) is 54.9 Å². The zero-order valence-corrected chi connectivity index (χ0v) is 15.5. The highest BCUT2D eigenvalue weighted by atomic mass is 15.2. The monoisotopic (exact) mass is 286 g/mol. The molecule has 0 bridgehead atoms. The van der Waals surface area contributed by atoms with Gasteiger partial charge in [0.2, 0.25) is 0 Å². The van der Waals surface area contributed by atoms with Crippen LogP contribution in [0.2, 0.25) is 0 Å². The van der Waals surface area contributed by atoms with Gasteiger partial charge in [-0.15, -0.1) is 0 Å². The summed E-state index contributed by atoms with van der Waals surface area (Å²) in [5.41, 5.74) is 0. The quantitative estimate of drug-likeness (QED) is 0.617. The van der Waals surface area contributed by atoms with E-state index in [9.17, 15) is 0 Å². The van der Waals surface area contributed by atoms with Gasteiger partial charge < -0.3 is 4.90 Å². The van der Waals surface area contributed by atoms with Crippen LogP contribution in [-0.2, 0) is 0 Å². The van der Waals surface area contributed by atoms with E-state index in [1.807, 2.05) is 27.7 Å². The van der Waals surface area contributed by atoms with Crippen LogP contribution in [0.1, 0.15) is 80.6 Å². The first-order valence-corrected chi connectivity index (χ1v) is 9.28. The molecule has 0 saturated carbocycles. The van der Waals surface area contributed by atoms with Gasteiger partial charge >= 0.3 is 0 Å². The molecule has 0 aromatic carbocycles. The highest BCUT2D eigenvalue weighted by molar-refractivity contribution is 4.83. The predicted octanol–water partition coefficient (Wildman–Crippen LogP) is 5.04. The fourth-order valence-corrected chi connectivity index (χ4v) is 2.75.